The summed E-state index contributed by atoms with van der Waals surface area (Å²) < 4.78 is 51.8. The highest BCUT2D eigenvalue weighted by Gasteiger charge is 2.51. The van der Waals surface area contributed by atoms with Crippen LogP contribution >= 0.6 is 86.2 Å². The van der Waals surface area contributed by atoms with Crippen molar-refractivity contribution in [2.24, 2.45) is 28.0 Å². The standard InChI is InChI=1S/C30H29Cl4N5O4P6/c31-44(32)25-45(36-46(35-44,26-13-5-1-6-14-26)27-15-7-2-8-16-27)40-21-30(22-41-45)23-42-49(43-24-30)38-47(37-48(33,34)39-49,28-17-9-3-10-18-28)29-19-11-4-12-20-29/h1-20,25H,21-24H2. The molecule has 0 N–H and O–H groups in total. The second-order valence-electron chi connectivity index (χ2n) is 11.7. The third-order valence-electron chi connectivity index (χ3n) is 8.14. The summed E-state index contributed by atoms with van der Waals surface area (Å²) in [5, 5.41) is 3.63. The SMILES string of the molecule is ClP1(Cl)=NP(c2ccccc2)(c2ccccc2)=NP2(=C1)OCC1(CO2)COP2(=NP(c3ccccc3)(c3ccccc3)=NP(Cl)(Cl)=N2)OC1. The summed E-state index contributed by atoms with van der Waals surface area (Å²) in [6.45, 7) is 0.828. The van der Waals surface area contributed by atoms with E-state index in [9.17, 15) is 0 Å². The van der Waals surface area contributed by atoms with Crippen molar-refractivity contribution in [1.82, 2.24) is 0 Å². The van der Waals surface area contributed by atoms with Crippen molar-refractivity contribution < 1.29 is 18.1 Å². The lowest BCUT2D eigenvalue weighted by atomic mass is 9.93. The van der Waals surface area contributed by atoms with Gasteiger partial charge >= 0.3 is 7.66 Å². The van der Waals surface area contributed by atoms with Crippen LogP contribution in [0.2, 0.25) is 0 Å². The minimum atomic E-state index is -3.30. The normalized spacial score (nSPS) is 24.6. The van der Waals surface area contributed by atoms with Gasteiger partial charge in [0.1, 0.15) is 14.4 Å². The molecular formula is C30H29Cl4N5O4P6. The Morgan fingerprint density at radius 2 is 0.837 bits per heavy atom. The fraction of sp³-hybridized carbons (Fsp3) is 0.167. The highest BCUT2D eigenvalue weighted by atomic mass is 35.9. The summed E-state index contributed by atoms with van der Waals surface area (Å²) in [5.41, 5.74) is 1.04. The van der Waals surface area contributed by atoms with E-state index in [1.165, 1.54) is 0 Å². The molecule has 4 aromatic carbocycles. The maximum atomic E-state index is 7.00. The Morgan fingerprint density at radius 1 is 0.449 bits per heavy atom. The summed E-state index contributed by atoms with van der Waals surface area (Å²) in [4.78, 5) is 0. The van der Waals surface area contributed by atoms with Crippen molar-refractivity contribution in [3.63, 3.8) is 0 Å². The zero-order valence-corrected chi connectivity index (χ0v) is 33.9. The van der Waals surface area contributed by atoms with Crippen molar-refractivity contribution in [2.45, 2.75) is 0 Å². The smallest absolute Gasteiger partial charge is 0.320 e. The summed E-state index contributed by atoms with van der Waals surface area (Å²) in [6, 6.07) is 39.4. The van der Waals surface area contributed by atoms with Gasteiger partial charge in [0.2, 0.25) is 7.49 Å². The van der Waals surface area contributed by atoms with Gasteiger partial charge in [-0.2, -0.15) is 13.5 Å². The molecule has 0 bridgehead atoms. The van der Waals surface area contributed by atoms with Crippen LogP contribution in [-0.2, 0) is 18.1 Å². The molecule has 0 aromatic heterocycles. The first-order valence-corrected chi connectivity index (χ1v) is 28.7. The molecule has 0 radical (unpaired) electrons. The van der Waals surface area contributed by atoms with E-state index in [1.54, 1.807) is 5.54 Å². The molecule has 4 heterocycles. The zero-order valence-electron chi connectivity index (χ0n) is 25.5. The number of hydrogen-bond acceptors (Lipinski definition) is 9. The lowest BCUT2D eigenvalue weighted by molar-refractivity contribution is -0.0562. The van der Waals surface area contributed by atoms with Gasteiger partial charge in [0, 0.05) is 21.2 Å². The van der Waals surface area contributed by atoms with Crippen LogP contribution in [0.3, 0.4) is 0 Å². The first-order valence-electron chi connectivity index (χ1n) is 15.0. The fourth-order valence-electron chi connectivity index (χ4n) is 5.80. The minimum absolute atomic E-state index is 0.190. The van der Waals surface area contributed by atoms with Crippen molar-refractivity contribution in [1.29, 1.82) is 0 Å². The number of hydrogen-bond donors (Lipinski definition) is 0. The predicted molar refractivity (Wildman–Crippen MR) is 214 cm³/mol. The van der Waals surface area contributed by atoms with Crippen molar-refractivity contribution in [3.8, 4) is 0 Å². The first kappa shape index (κ1) is 35.4. The van der Waals surface area contributed by atoms with Crippen molar-refractivity contribution in [3.05, 3.63) is 121 Å². The second kappa shape index (κ2) is 13.3. The van der Waals surface area contributed by atoms with Gasteiger partial charge in [-0.05, 0) is 22.5 Å². The Hall–Kier alpha value is -0.670. The van der Waals surface area contributed by atoms with Gasteiger partial charge in [-0.25, -0.2) is 9.03 Å². The summed E-state index contributed by atoms with van der Waals surface area (Å²) >= 11 is 27.8. The highest BCUT2D eigenvalue weighted by Crippen LogP contribution is 2.84. The van der Waals surface area contributed by atoms with Crippen LogP contribution in [0.25, 0.3) is 0 Å². The molecule has 0 amide bonds. The van der Waals surface area contributed by atoms with Crippen molar-refractivity contribution in [2.75, 3.05) is 26.4 Å². The Labute approximate surface area is 305 Å². The van der Waals surface area contributed by atoms with Gasteiger partial charge in [-0.3, -0.25) is 0 Å². The monoisotopic (exact) mass is 849 g/mol. The van der Waals surface area contributed by atoms with Crippen LogP contribution in [-0.4, -0.2) is 32.0 Å². The Kier molecular flexibility index (Phi) is 9.61. The van der Waals surface area contributed by atoms with E-state index in [0.717, 1.165) is 21.2 Å². The maximum Gasteiger partial charge on any atom is 0.344 e. The minimum Gasteiger partial charge on any atom is -0.320 e. The zero-order chi connectivity index (χ0) is 33.9. The van der Waals surface area contributed by atoms with Gasteiger partial charge in [-0.1, -0.05) is 144 Å². The van der Waals surface area contributed by atoms with Crippen LogP contribution in [0.15, 0.2) is 144 Å². The average molecular weight is 851 g/mol. The molecule has 3 spiro atoms. The van der Waals surface area contributed by atoms with Crippen LogP contribution < -0.4 is 21.2 Å². The molecule has 4 aliphatic rings. The molecule has 0 atom stereocenters. The van der Waals surface area contributed by atoms with Gasteiger partial charge < -0.3 is 18.1 Å². The molecule has 8 rings (SSSR count). The van der Waals surface area contributed by atoms with Gasteiger partial charge in [0.05, 0.1) is 37.4 Å². The van der Waals surface area contributed by atoms with Crippen LogP contribution in [0.5, 0.6) is 0 Å². The molecule has 0 aliphatic carbocycles. The molecule has 2 fully saturated rings. The van der Waals surface area contributed by atoms with E-state index in [2.05, 4.69) is 4.52 Å². The molecule has 9 nitrogen and oxygen atoms in total. The van der Waals surface area contributed by atoms with Gasteiger partial charge in [0.25, 0.3) is 5.91 Å². The highest BCUT2D eigenvalue weighted by molar-refractivity contribution is 8.26. The van der Waals surface area contributed by atoms with E-state index in [0.29, 0.717) is 0 Å². The van der Waals surface area contributed by atoms with Crippen LogP contribution in [0.1, 0.15) is 0 Å². The number of halogens is 4. The summed E-state index contributed by atoms with van der Waals surface area (Å²) in [6.07, 6.45) is 0. The van der Waals surface area contributed by atoms with Crippen LogP contribution in [0, 0.1) is 5.41 Å². The number of nitrogens with zero attached hydrogens (tertiary/aromatic N) is 5. The molecule has 2 saturated heterocycles. The molecule has 0 unspecified atom stereocenters. The number of rotatable bonds is 4. The first-order chi connectivity index (χ1) is 23.5. The predicted octanol–water partition coefficient (Wildman–Crippen LogP) is 12.0. The van der Waals surface area contributed by atoms with Crippen LogP contribution in [0.4, 0.5) is 0 Å². The summed E-state index contributed by atoms with van der Waals surface area (Å²) in [7, 11) is -12.1. The fourth-order valence-corrected chi connectivity index (χ4v) is 33.8. The van der Waals surface area contributed by atoms with Gasteiger partial charge in [0.15, 0.2) is 5.76 Å². The lowest BCUT2D eigenvalue weighted by Crippen LogP contribution is -2.45. The second-order valence-corrected chi connectivity index (χ2v) is 32.8. The van der Waals surface area contributed by atoms with Gasteiger partial charge in [-0.15, -0.1) is 0 Å². The molecule has 0 saturated carbocycles. The molecule has 256 valence electrons. The molecule has 4 aliphatic heterocycles. The topological polar surface area (TPSA) is 98.7 Å². The largest absolute Gasteiger partial charge is 0.344 e. The Morgan fingerprint density at radius 3 is 1.27 bits per heavy atom. The molecule has 4 aromatic rings. The van der Waals surface area contributed by atoms with E-state index >= 15 is 0 Å². The Bertz CT molecular complexity index is 2060. The number of benzene rings is 4. The summed E-state index contributed by atoms with van der Waals surface area (Å²) in [5.74, 6) is -6.26. The van der Waals surface area contributed by atoms with Crippen molar-refractivity contribution >= 4 is 113 Å². The lowest BCUT2D eigenvalue weighted by Gasteiger charge is -2.46. The quantitative estimate of drug-likeness (QED) is 0.191. The molecule has 19 heteroatoms. The molecular weight excluding hydrogens is 822 g/mol. The third-order valence-corrected chi connectivity index (χ3v) is 31.3. The van der Waals surface area contributed by atoms with E-state index in [1.807, 2.05) is 121 Å². The Balaban J connectivity index is 1.15. The van der Waals surface area contributed by atoms with E-state index in [4.69, 9.17) is 81.1 Å². The van der Waals surface area contributed by atoms with E-state index in [-0.39, 0.29) is 26.4 Å². The average Bonchev–Trinajstić information content (AvgIpc) is 3.11. The maximum absolute atomic E-state index is 7.00. The third kappa shape index (κ3) is 6.83. The van der Waals surface area contributed by atoms with E-state index < -0.39 is 46.6 Å². The molecule has 49 heavy (non-hydrogen) atoms.